The van der Waals surface area contributed by atoms with Gasteiger partial charge in [0.25, 0.3) is 0 Å². The molecule has 1 heterocycles. The molecule has 0 aromatic carbocycles. The molecule has 3 heteroatoms. The Morgan fingerprint density at radius 1 is 1.25 bits per heavy atom. The molecule has 12 heavy (non-hydrogen) atoms. The van der Waals surface area contributed by atoms with Gasteiger partial charge in [-0.2, -0.15) is 4.98 Å². The zero-order valence-electron chi connectivity index (χ0n) is 8.38. The van der Waals surface area contributed by atoms with Crippen LogP contribution in [0.3, 0.4) is 0 Å². The number of aromatic nitrogens is 2. The fraction of sp³-hybridized carbons (Fsp3) is 0.778. The Kier molecular flexibility index (Phi) is 2.22. The quantitative estimate of drug-likeness (QED) is 0.646. The number of hydrogen-bond acceptors (Lipinski definition) is 3. The zero-order valence-corrected chi connectivity index (χ0v) is 8.38. The number of rotatable bonds is 1. The minimum atomic E-state index is -0.0415. The minimum Gasteiger partial charge on any atom is -0.339 e. The molecule has 0 bridgehead atoms. The van der Waals surface area contributed by atoms with Gasteiger partial charge in [-0.05, 0) is 0 Å². The van der Waals surface area contributed by atoms with Crippen LogP contribution >= 0.6 is 0 Å². The average molecular weight is 168 g/mol. The molecule has 1 aromatic heterocycles. The van der Waals surface area contributed by atoms with Crippen molar-refractivity contribution in [3.8, 4) is 0 Å². The van der Waals surface area contributed by atoms with Gasteiger partial charge in [-0.3, -0.25) is 0 Å². The molecule has 1 rings (SSSR count). The highest BCUT2D eigenvalue weighted by atomic mass is 16.5. The van der Waals surface area contributed by atoms with Crippen LogP contribution in [-0.4, -0.2) is 10.1 Å². The topological polar surface area (TPSA) is 38.9 Å². The Bertz CT molecular complexity index is 258. The lowest BCUT2D eigenvalue weighted by molar-refractivity contribution is 0.317. The molecule has 0 fully saturated rings. The van der Waals surface area contributed by atoms with E-state index in [0.29, 0.717) is 11.8 Å². The first kappa shape index (κ1) is 9.23. The molecular formula is C9H16N2O. The lowest BCUT2D eigenvalue weighted by Crippen LogP contribution is -2.11. The van der Waals surface area contributed by atoms with Crippen molar-refractivity contribution in [2.45, 2.75) is 46.0 Å². The largest absolute Gasteiger partial charge is 0.339 e. The van der Waals surface area contributed by atoms with Crippen molar-refractivity contribution < 1.29 is 4.52 Å². The Balaban J connectivity index is 2.92. The molecule has 0 aliphatic rings. The molecule has 0 N–H and O–H groups in total. The van der Waals surface area contributed by atoms with Crippen LogP contribution in [0.4, 0.5) is 0 Å². The van der Waals surface area contributed by atoms with Gasteiger partial charge in [0.2, 0.25) is 5.89 Å². The molecule has 0 spiro atoms. The highest BCUT2D eigenvalue weighted by molar-refractivity contribution is 5.00. The van der Waals surface area contributed by atoms with E-state index in [1.165, 1.54) is 0 Å². The third-order valence-electron chi connectivity index (χ3n) is 1.60. The maximum absolute atomic E-state index is 5.13. The summed E-state index contributed by atoms with van der Waals surface area (Å²) in [6.45, 7) is 10.3. The van der Waals surface area contributed by atoms with Crippen LogP contribution in [0.2, 0.25) is 0 Å². The van der Waals surface area contributed by atoms with Crippen molar-refractivity contribution in [2.75, 3.05) is 0 Å². The standard InChI is InChI=1S/C9H16N2O/c1-6(2)7-10-8(12-11-7)9(3,4)5/h6H,1-5H3. The van der Waals surface area contributed by atoms with Crippen LogP contribution in [0.5, 0.6) is 0 Å². The van der Waals surface area contributed by atoms with E-state index in [-0.39, 0.29) is 5.41 Å². The molecule has 0 atom stereocenters. The van der Waals surface area contributed by atoms with Gasteiger partial charge < -0.3 is 4.52 Å². The molecule has 0 radical (unpaired) electrons. The van der Waals surface area contributed by atoms with E-state index in [9.17, 15) is 0 Å². The summed E-state index contributed by atoms with van der Waals surface area (Å²) >= 11 is 0. The van der Waals surface area contributed by atoms with Crippen LogP contribution < -0.4 is 0 Å². The second-order valence-corrected chi connectivity index (χ2v) is 4.36. The predicted octanol–water partition coefficient (Wildman–Crippen LogP) is 2.49. The Hall–Kier alpha value is -0.860. The van der Waals surface area contributed by atoms with Crippen molar-refractivity contribution >= 4 is 0 Å². The summed E-state index contributed by atoms with van der Waals surface area (Å²) in [5.41, 5.74) is -0.0415. The lowest BCUT2D eigenvalue weighted by atomic mass is 9.97. The van der Waals surface area contributed by atoms with Gasteiger partial charge in [0, 0.05) is 11.3 Å². The van der Waals surface area contributed by atoms with Crippen LogP contribution in [-0.2, 0) is 5.41 Å². The Labute approximate surface area is 73.2 Å². The highest BCUT2D eigenvalue weighted by Crippen LogP contribution is 2.21. The zero-order chi connectivity index (χ0) is 9.35. The summed E-state index contributed by atoms with van der Waals surface area (Å²) in [4.78, 5) is 4.30. The van der Waals surface area contributed by atoms with Gasteiger partial charge in [-0.25, -0.2) is 0 Å². The van der Waals surface area contributed by atoms with E-state index in [1.54, 1.807) is 0 Å². The summed E-state index contributed by atoms with van der Waals surface area (Å²) in [5, 5.41) is 3.90. The predicted molar refractivity (Wildman–Crippen MR) is 47.1 cm³/mol. The summed E-state index contributed by atoms with van der Waals surface area (Å²) in [6, 6.07) is 0. The normalized spacial score (nSPS) is 12.5. The van der Waals surface area contributed by atoms with Crippen LogP contribution in [0.15, 0.2) is 4.52 Å². The van der Waals surface area contributed by atoms with Gasteiger partial charge in [0.05, 0.1) is 0 Å². The molecule has 0 saturated heterocycles. The van der Waals surface area contributed by atoms with Gasteiger partial charge in [-0.1, -0.05) is 39.8 Å². The molecule has 68 valence electrons. The fourth-order valence-electron chi connectivity index (χ4n) is 0.774. The summed E-state index contributed by atoms with van der Waals surface area (Å²) < 4.78 is 5.13. The maximum Gasteiger partial charge on any atom is 0.232 e. The Morgan fingerprint density at radius 2 is 1.83 bits per heavy atom. The molecule has 1 aromatic rings. The second kappa shape index (κ2) is 2.88. The third-order valence-corrected chi connectivity index (χ3v) is 1.60. The Morgan fingerprint density at radius 3 is 2.08 bits per heavy atom. The summed E-state index contributed by atoms with van der Waals surface area (Å²) in [6.07, 6.45) is 0. The molecule has 0 amide bonds. The summed E-state index contributed by atoms with van der Waals surface area (Å²) in [7, 11) is 0. The van der Waals surface area contributed by atoms with E-state index in [1.807, 2.05) is 0 Å². The van der Waals surface area contributed by atoms with E-state index in [4.69, 9.17) is 4.52 Å². The van der Waals surface area contributed by atoms with Crippen molar-refractivity contribution in [1.29, 1.82) is 0 Å². The molecule has 0 aliphatic carbocycles. The van der Waals surface area contributed by atoms with Gasteiger partial charge in [0.15, 0.2) is 5.82 Å². The maximum atomic E-state index is 5.13. The van der Waals surface area contributed by atoms with Gasteiger partial charge >= 0.3 is 0 Å². The van der Waals surface area contributed by atoms with Crippen LogP contribution in [0.25, 0.3) is 0 Å². The van der Waals surface area contributed by atoms with Crippen molar-refractivity contribution in [1.82, 2.24) is 10.1 Å². The lowest BCUT2D eigenvalue weighted by Gasteiger charge is -2.10. The number of hydrogen-bond donors (Lipinski definition) is 0. The van der Waals surface area contributed by atoms with E-state index in [2.05, 4.69) is 44.8 Å². The first-order valence-electron chi connectivity index (χ1n) is 4.25. The average Bonchev–Trinajstić information content (AvgIpc) is 2.30. The summed E-state index contributed by atoms with van der Waals surface area (Å²) in [5.74, 6) is 1.84. The first-order chi connectivity index (χ1) is 5.41. The van der Waals surface area contributed by atoms with Crippen molar-refractivity contribution in [2.24, 2.45) is 0 Å². The third kappa shape index (κ3) is 1.84. The smallest absolute Gasteiger partial charge is 0.232 e. The first-order valence-corrected chi connectivity index (χ1v) is 4.25. The molecule has 0 aliphatic heterocycles. The number of nitrogens with zero attached hydrogens (tertiary/aromatic N) is 2. The van der Waals surface area contributed by atoms with Gasteiger partial charge in [-0.15, -0.1) is 0 Å². The van der Waals surface area contributed by atoms with E-state index >= 15 is 0 Å². The van der Waals surface area contributed by atoms with Crippen LogP contribution in [0.1, 0.15) is 52.3 Å². The monoisotopic (exact) mass is 168 g/mol. The van der Waals surface area contributed by atoms with Crippen molar-refractivity contribution in [3.63, 3.8) is 0 Å². The molecular weight excluding hydrogens is 152 g/mol. The van der Waals surface area contributed by atoms with Crippen molar-refractivity contribution in [3.05, 3.63) is 11.7 Å². The SMILES string of the molecule is CC(C)c1noc(C(C)(C)C)n1. The second-order valence-electron chi connectivity index (χ2n) is 4.36. The fourth-order valence-corrected chi connectivity index (χ4v) is 0.774. The van der Waals surface area contributed by atoms with E-state index in [0.717, 1.165) is 5.82 Å². The highest BCUT2D eigenvalue weighted by Gasteiger charge is 2.22. The molecule has 3 nitrogen and oxygen atoms in total. The van der Waals surface area contributed by atoms with E-state index < -0.39 is 0 Å². The van der Waals surface area contributed by atoms with Crippen LogP contribution in [0, 0.1) is 0 Å². The minimum absolute atomic E-state index is 0.0415. The molecule has 0 unspecified atom stereocenters. The molecule has 0 saturated carbocycles. The van der Waals surface area contributed by atoms with Gasteiger partial charge in [0.1, 0.15) is 0 Å².